The lowest BCUT2D eigenvalue weighted by atomic mass is 10.0. The summed E-state index contributed by atoms with van der Waals surface area (Å²) in [4.78, 5) is 0. The average molecular weight is 459 g/mol. The Hall–Kier alpha value is -1.61. The molecule has 0 amide bonds. The van der Waals surface area contributed by atoms with Gasteiger partial charge >= 0.3 is 0 Å². The summed E-state index contributed by atoms with van der Waals surface area (Å²) in [5.74, 6) is 0.646. The van der Waals surface area contributed by atoms with E-state index >= 15 is 0 Å². The highest BCUT2D eigenvalue weighted by atomic mass is 79.9. The minimum Gasteiger partial charge on any atom is -0.497 e. The number of nitrogens with zero attached hydrogens (tertiary/aromatic N) is 2. The lowest BCUT2D eigenvalue weighted by molar-refractivity contribution is 0.415. The Morgan fingerprint density at radius 3 is 2.69 bits per heavy atom. The molecule has 0 aliphatic carbocycles. The molecular formula is C17H17BrClN3O3S. The third-order valence-electron chi connectivity index (χ3n) is 3.99. The fourth-order valence-electron chi connectivity index (χ4n) is 2.79. The van der Waals surface area contributed by atoms with Crippen molar-refractivity contribution in [2.45, 2.75) is 6.54 Å². The Kier molecular flexibility index (Phi) is 5.30. The van der Waals surface area contributed by atoms with E-state index in [4.69, 9.17) is 16.3 Å². The molecule has 1 N–H and O–H groups in total. The van der Waals surface area contributed by atoms with E-state index < -0.39 is 10.0 Å². The molecule has 0 aliphatic heterocycles. The molecule has 3 aromatic rings. The summed E-state index contributed by atoms with van der Waals surface area (Å²) in [5, 5.41) is 5.99. The van der Waals surface area contributed by atoms with Crippen molar-refractivity contribution in [3.05, 3.63) is 45.4 Å². The van der Waals surface area contributed by atoms with Gasteiger partial charge in [-0.1, -0.05) is 17.7 Å². The van der Waals surface area contributed by atoms with Crippen LogP contribution in [0.2, 0.25) is 5.02 Å². The van der Waals surface area contributed by atoms with Crippen molar-refractivity contribution in [3.8, 4) is 17.0 Å². The van der Waals surface area contributed by atoms with Crippen molar-refractivity contribution < 1.29 is 13.2 Å². The number of rotatable bonds is 5. The third-order valence-corrected chi connectivity index (χ3v) is 5.61. The van der Waals surface area contributed by atoms with E-state index in [0.29, 0.717) is 16.5 Å². The topological polar surface area (TPSA) is 73.2 Å². The first-order valence-corrected chi connectivity index (χ1v) is 10.7. The van der Waals surface area contributed by atoms with E-state index in [1.54, 1.807) is 23.9 Å². The van der Waals surface area contributed by atoms with Gasteiger partial charge in [0, 0.05) is 29.0 Å². The Balaban J connectivity index is 2.26. The van der Waals surface area contributed by atoms with Gasteiger partial charge in [0.25, 0.3) is 0 Å². The van der Waals surface area contributed by atoms with Crippen LogP contribution in [0.5, 0.6) is 5.75 Å². The number of methoxy groups -OCH3 is 1. The highest BCUT2D eigenvalue weighted by Crippen LogP contribution is 2.39. The highest BCUT2D eigenvalue weighted by molar-refractivity contribution is 9.10. The van der Waals surface area contributed by atoms with Gasteiger partial charge in [-0.05, 0) is 45.8 Å². The summed E-state index contributed by atoms with van der Waals surface area (Å²) in [5.41, 5.74) is 3.05. The third kappa shape index (κ3) is 3.73. The molecule has 138 valence electrons. The zero-order valence-electron chi connectivity index (χ0n) is 14.4. The fraction of sp³-hybridized carbons (Fsp3) is 0.235. The van der Waals surface area contributed by atoms with Gasteiger partial charge in [-0.25, -0.2) is 13.1 Å². The van der Waals surface area contributed by atoms with Crippen LogP contribution in [-0.4, -0.2) is 31.6 Å². The smallest absolute Gasteiger partial charge is 0.209 e. The standard InChI is InChI=1S/C17H17BrClN3O3S/c1-22-17-13(18)6-7-14(19)15(17)16(21-22)12-8-11(25-2)5-4-10(12)9-20-26(3,23)24/h4-8,20H,9H2,1-3H3. The molecule has 9 heteroatoms. The number of aryl methyl sites for hydroxylation is 1. The monoisotopic (exact) mass is 457 g/mol. The van der Waals surface area contributed by atoms with Gasteiger partial charge in [0.15, 0.2) is 0 Å². The van der Waals surface area contributed by atoms with E-state index in [-0.39, 0.29) is 6.54 Å². The number of nitrogens with one attached hydrogen (secondary N) is 1. The van der Waals surface area contributed by atoms with Crippen LogP contribution in [0.15, 0.2) is 34.8 Å². The summed E-state index contributed by atoms with van der Waals surface area (Å²) in [6, 6.07) is 9.10. The van der Waals surface area contributed by atoms with Crippen LogP contribution in [0, 0.1) is 0 Å². The molecule has 1 aromatic heterocycles. The molecule has 6 nitrogen and oxygen atoms in total. The largest absolute Gasteiger partial charge is 0.497 e. The van der Waals surface area contributed by atoms with Crippen LogP contribution in [0.3, 0.4) is 0 Å². The minimum atomic E-state index is -3.33. The zero-order valence-corrected chi connectivity index (χ0v) is 17.5. The van der Waals surface area contributed by atoms with Crippen molar-refractivity contribution >= 4 is 48.5 Å². The number of halogens is 2. The number of hydrogen-bond acceptors (Lipinski definition) is 4. The number of ether oxygens (including phenoxy) is 1. The normalized spacial score (nSPS) is 11.9. The molecule has 0 spiro atoms. The van der Waals surface area contributed by atoms with Crippen LogP contribution in [0.4, 0.5) is 0 Å². The van der Waals surface area contributed by atoms with Crippen LogP contribution in [0.1, 0.15) is 5.56 Å². The van der Waals surface area contributed by atoms with Crippen molar-refractivity contribution in [3.63, 3.8) is 0 Å². The summed E-state index contributed by atoms with van der Waals surface area (Å²) in [7, 11) is 0.0823. The van der Waals surface area contributed by atoms with E-state index in [0.717, 1.165) is 32.8 Å². The number of benzene rings is 2. The lowest BCUT2D eigenvalue weighted by Gasteiger charge is -2.11. The van der Waals surface area contributed by atoms with Crippen molar-refractivity contribution in [2.75, 3.05) is 13.4 Å². The van der Waals surface area contributed by atoms with Crippen molar-refractivity contribution in [1.29, 1.82) is 0 Å². The van der Waals surface area contributed by atoms with Crippen molar-refractivity contribution in [1.82, 2.24) is 14.5 Å². The molecule has 0 unspecified atom stereocenters. The molecule has 0 saturated carbocycles. The van der Waals surface area contributed by atoms with Crippen LogP contribution >= 0.6 is 27.5 Å². The number of sulfonamides is 1. The quantitative estimate of drug-likeness (QED) is 0.632. The molecule has 0 aliphatic rings. The maximum atomic E-state index is 11.5. The Morgan fingerprint density at radius 2 is 2.04 bits per heavy atom. The van der Waals surface area contributed by atoms with Gasteiger partial charge in [0.1, 0.15) is 11.4 Å². The highest BCUT2D eigenvalue weighted by Gasteiger charge is 2.19. The summed E-state index contributed by atoms with van der Waals surface area (Å²) < 4.78 is 33.5. The van der Waals surface area contributed by atoms with Gasteiger partial charge in [-0.2, -0.15) is 5.10 Å². The number of aromatic nitrogens is 2. The molecular weight excluding hydrogens is 442 g/mol. The molecule has 0 fully saturated rings. The molecule has 0 radical (unpaired) electrons. The second kappa shape index (κ2) is 7.19. The SMILES string of the molecule is COc1ccc(CNS(C)(=O)=O)c(-c2nn(C)c3c(Br)ccc(Cl)c23)c1. The summed E-state index contributed by atoms with van der Waals surface area (Å²) in [6.07, 6.45) is 1.13. The van der Waals surface area contributed by atoms with Crippen LogP contribution in [-0.2, 0) is 23.6 Å². The summed E-state index contributed by atoms with van der Waals surface area (Å²) >= 11 is 9.99. The Morgan fingerprint density at radius 1 is 1.31 bits per heavy atom. The Labute approximate surface area is 165 Å². The number of fused-ring (bicyclic) bond motifs is 1. The molecule has 0 atom stereocenters. The molecule has 0 bridgehead atoms. The first kappa shape index (κ1) is 19.2. The predicted octanol–water partition coefficient (Wildman–Crippen LogP) is 3.71. The second-order valence-electron chi connectivity index (χ2n) is 5.84. The molecule has 3 rings (SSSR count). The number of hydrogen-bond donors (Lipinski definition) is 1. The van der Waals surface area contributed by atoms with Crippen LogP contribution in [0.25, 0.3) is 22.2 Å². The van der Waals surface area contributed by atoms with Crippen LogP contribution < -0.4 is 9.46 Å². The molecule has 1 heterocycles. The maximum Gasteiger partial charge on any atom is 0.209 e. The van der Waals surface area contributed by atoms with Gasteiger partial charge < -0.3 is 4.74 Å². The minimum absolute atomic E-state index is 0.141. The van der Waals surface area contributed by atoms with Crippen molar-refractivity contribution in [2.24, 2.45) is 7.05 Å². The zero-order chi connectivity index (χ0) is 19.1. The predicted molar refractivity (Wildman–Crippen MR) is 107 cm³/mol. The molecule has 0 saturated heterocycles. The van der Waals surface area contributed by atoms with Gasteiger partial charge in [0.2, 0.25) is 10.0 Å². The maximum absolute atomic E-state index is 11.5. The van der Waals surface area contributed by atoms with Gasteiger partial charge in [0.05, 0.1) is 23.9 Å². The average Bonchev–Trinajstić information content (AvgIpc) is 2.94. The van der Waals surface area contributed by atoms with E-state index in [1.807, 2.05) is 25.2 Å². The Bertz CT molecular complexity index is 1100. The molecule has 2 aromatic carbocycles. The lowest BCUT2D eigenvalue weighted by Crippen LogP contribution is -2.21. The van der Waals surface area contributed by atoms with E-state index in [1.165, 1.54) is 0 Å². The van der Waals surface area contributed by atoms with E-state index in [9.17, 15) is 8.42 Å². The second-order valence-corrected chi connectivity index (χ2v) is 8.94. The fourth-order valence-corrected chi connectivity index (χ4v) is 4.03. The van der Waals surface area contributed by atoms with Gasteiger partial charge in [-0.15, -0.1) is 0 Å². The van der Waals surface area contributed by atoms with E-state index in [2.05, 4.69) is 25.8 Å². The molecule has 26 heavy (non-hydrogen) atoms. The van der Waals surface area contributed by atoms with Gasteiger partial charge in [-0.3, -0.25) is 4.68 Å². The first-order valence-electron chi connectivity index (χ1n) is 7.64. The first-order chi connectivity index (χ1) is 12.2. The summed E-state index contributed by atoms with van der Waals surface area (Å²) in [6.45, 7) is 0.141.